The summed E-state index contributed by atoms with van der Waals surface area (Å²) in [6.45, 7) is 4.00. The first kappa shape index (κ1) is 17.3. The van der Waals surface area contributed by atoms with E-state index in [4.69, 9.17) is 23.2 Å². The van der Waals surface area contributed by atoms with Crippen LogP contribution in [0.3, 0.4) is 0 Å². The number of aromatic nitrogens is 2. The van der Waals surface area contributed by atoms with Crippen LogP contribution in [-0.2, 0) is 13.6 Å². The Hall–Kier alpha value is -1.56. The molecule has 2 aromatic rings. The van der Waals surface area contributed by atoms with E-state index >= 15 is 0 Å². The van der Waals surface area contributed by atoms with Crippen molar-refractivity contribution < 1.29 is 4.79 Å². The number of aryl methyl sites for hydroxylation is 1. The maximum absolute atomic E-state index is 12.5. The van der Waals surface area contributed by atoms with Crippen LogP contribution < -0.4 is 0 Å². The first-order chi connectivity index (χ1) is 11.5. The van der Waals surface area contributed by atoms with E-state index in [1.54, 1.807) is 23.1 Å². The molecule has 5 nitrogen and oxygen atoms in total. The molecule has 3 rings (SSSR count). The van der Waals surface area contributed by atoms with Crippen LogP contribution in [0.2, 0.25) is 10.0 Å². The van der Waals surface area contributed by atoms with Gasteiger partial charge in [0, 0.05) is 56.0 Å². The SMILES string of the molecule is Cn1cc(C(=O)N2CCCN(Cc3ccc(Cl)cc3Cl)CC2)cn1. The van der Waals surface area contributed by atoms with E-state index in [0.717, 1.165) is 38.2 Å². The number of nitrogens with zero attached hydrogens (tertiary/aromatic N) is 4. The molecule has 1 aliphatic heterocycles. The van der Waals surface area contributed by atoms with Gasteiger partial charge in [0.25, 0.3) is 5.91 Å². The van der Waals surface area contributed by atoms with Crippen LogP contribution in [0.25, 0.3) is 0 Å². The van der Waals surface area contributed by atoms with Crippen LogP contribution in [0.4, 0.5) is 0 Å². The number of halogens is 2. The lowest BCUT2D eigenvalue weighted by atomic mass is 10.2. The fraction of sp³-hybridized carbons (Fsp3) is 0.412. The molecule has 0 N–H and O–H groups in total. The fourth-order valence-electron chi connectivity index (χ4n) is 2.94. The molecule has 0 bridgehead atoms. The second-order valence-corrected chi connectivity index (χ2v) is 6.90. The molecule has 0 atom stereocenters. The Bertz CT molecular complexity index is 731. The molecule has 0 unspecified atom stereocenters. The topological polar surface area (TPSA) is 41.4 Å². The Kier molecular flexibility index (Phi) is 5.43. The normalized spacial score (nSPS) is 16.2. The zero-order valence-corrected chi connectivity index (χ0v) is 15.1. The van der Waals surface area contributed by atoms with Gasteiger partial charge in [-0.05, 0) is 24.1 Å². The number of hydrogen-bond donors (Lipinski definition) is 0. The first-order valence-electron chi connectivity index (χ1n) is 7.97. The van der Waals surface area contributed by atoms with Crippen molar-refractivity contribution in [1.29, 1.82) is 0 Å². The molecule has 1 aliphatic rings. The van der Waals surface area contributed by atoms with Gasteiger partial charge in [-0.25, -0.2) is 0 Å². The molecule has 0 aliphatic carbocycles. The van der Waals surface area contributed by atoms with Crippen LogP contribution in [0.15, 0.2) is 30.6 Å². The number of amides is 1. The average molecular weight is 367 g/mol. The minimum atomic E-state index is 0.0504. The summed E-state index contributed by atoms with van der Waals surface area (Å²) < 4.78 is 1.65. The Balaban J connectivity index is 1.61. The third-order valence-electron chi connectivity index (χ3n) is 4.24. The van der Waals surface area contributed by atoms with Crippen molar-refractivity contribution in [3.63, 3.8) is 0 Å². The molecule has 0 radical (unpaired) electrons. The fourth-order valence-corrected chi connectivity index (χ4v) is 3.41. The Morgan fingerprint density at radius 2 is 2.04 bits per heavy atom. The molecule has 2 heterocycles. The Morgan fingerprint density at radius 1 is 1.21 bits per heavy atom. The molecule has 1 aromatic heterocycles. The van der Waals surface area contributed by atoms with E-state index in [1.807, 2.05) is 24.1 Å². The van der Waals surface area contributed by atoms with E-state index in [2.05, 4.69) is 10.00 Å². The van der Waals surface area contributed by atoms with Crippen molar-refractivity contribution in [2.75, 3.05) is 26.2 Å². The lowest BCUT2D eigenvalue weighted by molar-refractivity contribution is 0.0761. The molecular weight excluding hydrogens is 347 g/mol. The van der Waals surface area contributed by atoms with Crippen molar-refractivity contribution in [2.45, 2.75) is 13.0 Å². The summed E-state index contributed by atoms with van der Waals surface area (Å²) in [5.41, 5.74) is 1.71. The van der Waals surface area contributed by atoms with Crippen LogP contribution in [0.1, 0.15) is 22.3 Å². The molecule has 1 saturated heterocycles. The van der Waals surface area contributed by atoms with Gasteiger partial charge in [0.15, 0.2) is 0 Å². The summed E-state index contributed by atoms with van der Waals surface area (Å²) in [7, 11) is 1.82. The van der Waals surface area contributed by atoms with Gasteiger partial charge in [-0.2, -0.15) is 5.10 Å². The largest absolute Gasteiger partial charge is 0.337 e. The van der Waals surface area contributed by atoms with E-state index in [9.17, 15) is 4.79 Å². The summed E-state index contributed by atoms with van der Waals surface area (Å²) >= 11 is 12.2. The second-order valence-electron chi connectivity index (χ2n) is 6.06. The molecule has 128 valence electrons. The zero-order chi connectivity index (χ0) is 17.1. The zero-order valence-electron chi connectivity index (χ0n) is 13.6. The van der Waals surface area contributed by atoms with Crippen molar-refractivity contribution in [3.8, 4) is 0 Å². The van der Waals surface area contributed by atoms with Gasteiger partial charge in [-0.1, -0.05) is 29.3 Å². The highest BCUT2D eigenvalue weighted by Crippen LogP contribution is 2.22. The summed E-state index contributed by atoms with van der Waals surface area (Å²) in [5.74, 6) is 0.0504. The molecular formula is C17H20Cl2N4O. The monoisotopic (exact) mass is 366 g/mol. The standard InChI is InChI=1S/C17H20Cl2N4O/c1-21-11-14(10-20-21)17(24)23-6-2-5-22(7-8-23)12-13-3-4-15(18)9-16(13)19/h3-4,9-11H,2,5-8,12H2,1H3. The van der Waals surface area contributed by atoms with Gasteiger partial charge in [0.1, 0.15) is 0 Å². The van der Waals surface area contributed by atoms with E-state index < -0.39 is 0 Å². The minimum Gasteiger partial charge on any atom is -0.337 e. The lowest BCUT2D eigenvalue weighted by Gasteiger charge is -2.22. The third kappa shape index (κ3) is 4.09. The lowest BCUT2D eigenvalue weighted by Crippen LogP contribution is -2.35. The van der Waals surface area contributed by atoms with Crippen LogP contribution in [0, 0.1) is 0 Å². The summed E-state index contributed by atoms with van der Waals surface area (Å²) in [4.78, 5) is 16.8. The maximum atomic E-state index is 12.5. The molecule has 7 heteroatoms. The highest BCUT2D eigenvalue weighted by atomic mass is 35.5. The average Bonchev–Trinajstić information content (AvgIpc) is 2.85. The second kappa shape index (κ2) is 7.55. The van der Waals surface area contributed by atoms with E-state index in [-0.39, 0.29) is 5.91 Å². The molecule has 0 spiro atoms. The third-order valence-corrected chi connectivity index (χ3v) is 4.82. The van der Waals surface area contributed by atoms with Gasteiger partial charge in [0.05, 0.1) is 11.8 Å². The van der Waals surface area contributed by atoms with Crippen molar-refractivity contribution in [3.05, 3.63) is 51.8 Å². The van der Waals surface area contributed by atoms with Crippen LogP contribution in [0.5, 0.6) is 0 Å². The summed E-state index contributed by atoms with van der Waals surface area (Å²) in [6, 6.07) is 5.60. The first-order valence-corrected chi connectivity index (χ1v) is 8.73. The predicted molar refractivity (Wildman–Crippen MR) is 95.5 cm³/mol. The molecule has 1 aromatic carbocycles. The highest BCUT2D eigenvalue weighted by Gasteiger charge is 2.21. The smallest absolute Gasteiger partial charge is 0.257 e. The Morgan fingerprint density at radius 3 is 2.75 bits per heavy atom. The van der Waals surface area contributed by atoms with E-state index in [0.29, 0.717) is 22.2 Å². The predicted octanol–water partition coefficient (Wildman–Crippen LogP) is 3.08. The van der Waals surface area contributed by atoms with Gasteiger partial charge in [0.2, 0.25) is 0 Å². The molecule has 0 saturated carbocycles. The van der Waals surface area contributed by atoms with Crippen LogP contribution >= 0.6 is 23.2 Å². The number of carbonyl (C=O) groups excluding carboxylic acids is 1. The van der Waals surface area contributed by atoms with Gasteiger partial charge < -0.3 is 4.90 Å². The Labute approximate surface area is 151 Å². The molecule has 1 amide bonds. The quantitative estimate of drug-likeness (QED) is 0.837. The van der Waals surface area contributed by atoms with Gasteiger partial charge in [-0.3, -0.25) is 14.4 Å². The highest BCUT2D eigenvalue weighted by molar-refractivity contribution is 6.35. The molecule has 24 heavy (non-hydrogen) atoms. The van der Waals surface area contributed by atoms with Crippen molar-refractivity contribution >= 4 is 29.1 Å². The summed E-state index contributed by atoms with van der Waals surface area (Å²) in [6.07, 6.45) is 4.33. The summed E-state index contributed by atoms with van der Waals surface area (Å²) in [5, 5.41) is 5.41. The maximum Gasteiger partial charge on any atom is 0.257 e. The van der Waals surface area contributed by atoms with Crippen molar-refractivity contribution in [2.24, 2.45) is 7.05 Å². The van der Waals surface area contributed by atoms with Gasteiger partial charge >= 0.3 is 0 Å². The number of carbonyl (C=O) groups is 1. The number of rotatable bonds is 3. The van der Waals surface area contributed by atoms with E-state index in [1.165, 1.54) is 0 Å². The number of hydrogen-bond acceptors (Lipinski definition) is 3. The molecule has 1 fully saturated rings. The minimum absolute atomic E-state index is 0.0504. The van der Waals surface area contributed by atoms with Gasteiger partial charge in [-0.15, -0.1) is 0 Å². The van der Waals surface area contributed by atoms with Crippen molar-refractivity contribution in [1.82, 2.24) is 19.6 Å². The number of benzene rings is 1. The van der Waals surface area contributed by atoms with Crippen LogP contribution in [-0.4, -0.2) is 51.7 Å².